The number of rotatable bonds is 5. The van der Waals surface area contributed by atoms with Gasteiger partial charge in [-0.05, 0) is 51.9 Å². The quantitative estimate of drug-likeness (QED) is 0.782. The molecule has 3 atom stereocenters. The van der Waals surface area contributed by atoms with Crippen molar-refractivity contribution in [3.63, 3.8) is 0 Å². The maximum Gasteiger partial charge on any atom is 0.0235 e. The van der Waals surface area contributed by atoms with Crippen LogP contribution in [-0.2, 0) is 0 Å². The summed E-state index contributed by atoms with van der Waals surface area (Å²) in [5.74, 6) is 0.880. The fourth-order valence-electron chi connectivity index (χ4n) is 3.51. The van der Waals surface area contributed by atoms with Crippen molar-refractivity contribution in [1.82, 2.24) is 15.1 Å². The molecule has 2 aliphatic rings. The zero-order chi connectivity index (χ0) is 12.3. The summed E-state index contributed by atoms with van der Waals surface area (Å²) in [7, 11) is 0. The normalized spacial score (nSPS) is 34.9. The van der Waals surface area contributed by atoms with E-state index in [2.05, 4.69) is 35.9 Å². The molecule has 2 rings (SSSR count). The molecule has 100 valence electrons. The van der Waals surface area contributed by atoms with Crippen LogP contribution < -0.4 is 5.32 Å². The molecule has 0 bridgehead atoms. The predicted octanol–water partition coefficient (Wildman–Crippen LogP) is 1.40. The van der Waals surface area contributed by atoms with E-state index in [1.807, 2.05) is 0 Å². The Kier molecular flexibility index (Phi) is 4.83. The second kappa shape index (κ2) is 6.17. The minimum Gasteiger partial charge on any atom is -0.314 e. The Bertz CT molecular complexity index is 228. The molecular formula is C14H29N3. The van der Waals surface area contributed by atoms with Crippen molar-refractivity contribution in [2.45, 2.75) is 45.7 Å². The highest BCUT2D eigenvalue weighted by Gasteiger charge is 2.30. The average molecular weight is 239 g/mol. The molecule has 2 saturated heterocycles. The molecule has 0 aromatic rings. The van der Waals surface area contributed by atoms with E-state index in [-0.39, 0.29) is 0 Å². The maximum absolute atomic E-state index is 3.56. The van der Waals surface area contributed by atoms with Gasteiger partial charge in [0.05, 0.1) is 0 Å². The molecule has 0 amide bonds. The first kappa shape index (κ1) is 13.3. The van der Waals surface area contributed by atoms with Crippen LogP contribution in [0.5, 0.6) is 0 Å². The molecule has 3 heteroatoms. The summed E-state index contributed by atoms with van der Waals surface area (Å²) < 4.78 is 0. The maximum atomic E-state index is 3.56. The van der Waals surface area contributed by atoms with E-state index in [0.717, 1.165) is 18.0 Å². The van der Waals surface area contributed by atoms with Crippen molar-refractivity contribution < 1.29 is 0 Å². The molecule has 2 heterocycles. The molecule has 3 nitrogen and oxygen atoms in total. The zero-order valence-corrected chi connectivity index (χ0v) is 11.8. The van der Waals surface area contributed by atoms with E-state index in [1.165, 1.54) is 52.1 Å². The van der Waals surface area contributed by atoms with Gasteiger partial charge in [0.2, 0.25) is 0 Å². The Morgan fingerprint density at radius 3 is 2.59 bits per heavy atom. The molecule has 0 aliphatic carbocycles. The summed E-state index contributed by atoms with van der Waals surface area (Å²) in [6.07, 6.45) is 2.74. The van der Waals surface area contributed by atoms with Crippen LogP contribution in [0.1, 0.15) is 33.6 Å². The molecular weight excluding hydrogens is 210 g/mol. The van der Waals surface area contributed by atoms with E-state index >= 15 is 0 Å². The van der Waals surface area contributed by atoms with Gasteiger partial charge >= 0.3 is 0 Å². The second-order valence-electron chi connectivity index (χ2n) is 5.71. The first-order valence-corrected chi connectivity index (χ1v) is 7.44. The van der Waals surface area contributed by atoms with Crippen LogP contribution in [-0.4, -0.2) is 61.2 Å². The van der Waals surface area contributed by atoms with E-state index < -0.39 is 0 Å². The summed E-state index contributed by atoms with van der Waals surface area (Å²) in [5, 5.41) is 3.56. The van der Waals surface area contributed by atoms with Gasteiger partial charge in [-0.1, -0.05) is 13.8 Å². The molecule has 2 fully saturated rings. The van der Waals surface area contributed by atoms with Gasteiger partial charge in [-0.2, -0.15) is 0 Å². The van der Waals surface area contributed by atoms with Crippen molar-refractivity contribution in [2.75, 3.05) is 39.3 Å². The first-order valence-electron chi connectivity index (χ1n) is 7.44. The van der Waals surface area contributed by atoms with Crippen LogP contribution in [0.3, 0.4) is 0 Å². The van der Waals surface area contributed by atoms with Gasteiger partial charge < -0.3 is 10.2 Å². The van der Waals surface area contributed by atoms with Crippen molar-refractivity contribution in [3.05, 3.63) is 0 Å². The van der Waals surface area contributed by atoms with E-state index in [4.69, 9.17) is 0 Å². The van der Waals surface area contributed by atoms with Crippen LogP contribution in [0.25, 0.3) is 0 Å². The van der Waals surface area contributed by atoms with E-state index in [9.17, 15) is 0 Å². The molecule has 2 aliphatic heterocycles. The van der Waals surface area contributed by atoms with Crippen molar-refractivity contribution >= 4 is 0 Å². The third kappa shape index (κ3) is 3.21. The highest BCUT2D eigenvalue weighted by Crippen LogP contribution is 2.21. The first-order chi connectivity index (χ1) is 8.24. The Morgan fingerprint density at radius 1 is 1.24 bits per heavy atom. The highest BCUT2D eigenvalue weighted by atomic mass is 15.2. The fourth-order valence-corrected chi connectivity index (χ4v) is 3.51. The number of nitrogens with one attached hydrogen (secondary N) is 1. The van der Waals surface area contributed by atoms with Gasteiger partial charge in [0.1, 0.15) is 0 Å². The SMILES string of the molecule is CCN(CC)C1CCN(CC2CCNC2C)C1. The molecule has 0 aromatic carbocycles. The van der Waals surface area contributed by atoms with Crippen molar-refractivity contribution in [2.24, 2.45) is 5.92 Å². The number of likely N-dealkylation sites (tertiary alicyclic amines) is 1. The smallest absolute Gasteiger partial charge is 0.0235 e. The monoisotopic (exact) mass is 239 g/mol. The molecule has 0 aromatic heterocycles. The van der Waals surface area contributed by atoms with Crippen molar-refractivity contribution in [1.29, 1.82) is 0 Å². The standard InChI is InChI=1S/C14H29N3/c1-4-17(5-2)14-7-9-16(11-14)10-13-6-8-15-12(13)3/h12-15H,4-11H2,1-3H3. The lowest BCUT2D eigenvalue weighted by Gasteiger charge is -2.27. The van der Waals surface area contributed by atoms with Crippen LogP contribution in [0, 0.1) is 5.92 Å². The summed E-state index contributed by atoms with van der Waals surface area (Å²) in [6, 6.07) is 1.54. The molecule has 1 N–H and O–H groups in total. The van der Waals surface area contributed by atoms with Gasteiger partial charge in [0.15, 0.2) is 0 Å². The summed E-state index contributed by atoms with van der Waals surface area (Å²) in [6.45, 7) is 14.5. The Hall–Kier alpha value is -0.120. The largest absolute Gasteiger partial charge is 0.314 e. The lowest BCUT2D eigenvalue weighted by Crippen LogP contribution is -2.39. The van der Waals surface area contributed by atoms with Gasteiger partial charge in [-0.25, -0.2) is 0 Å². The van der Waals surface area contributed by atoms with Crippen LogP contribution in [0.2, 0.25) is 0 Å². The summed E-state index contributed by atoms with van der Waals surface area (Å²) in [5.41, 5.74) is 0. The van der Waals surface area contributed by atoms with Gasteiger partial charge in [0.25, 0.3) is 0 Å². The molecule has 17 heavy (non-hydrogen) atoms. The van der Waals surface area contributed by atoms with Crippen LogP contribution >= 0.6 is 0 Å². The lowest BCUT2D eigenvalue weighted by atomic mass is 10.0. The number of hydrogen-bond donors (Lipinski definition) is 1. The Balaban J connectivity index is 1.77. The van der Waals surface area contributed by atoms with Crippen LogP contribution in [0.15, 0.2) is 0 Å². The van der Waals surface area contributed by atoms with Crippen LogP contribution in [0.4, 0.5) is 0 Å². The van der Waals surface area contributed by atoms with Gasteiger partial charge in [-0.15, -0.1) is 0 Å². The third-order valence-corrected chi connectivity index (χ3v) is 4.76. The summed E-state index contributed by atoms with van der Waals surface area (Å²) >= 11 is 0. The van der Waals surface area contributed by atoms with Crippen molar-refractivity contribution in [3.8, 4) is 0 Å². The van der Waals surface area contributed by atoms with Gasteiger partial charge in [-0.3, -0.25) is 4.90 Å². The Labute approximate surface area is 107 Å². The van der Waals surface area contributed by atoms with E-state index in [1.54, 1.807) is 0 Å². The predicted molar refractivity (Wildman–Crippen MR) is 73.3 cm³/mol. The number of hydrogen-bond acceptors (Lipinski definition) is 3. The minimum absolute atomic E-state index is 0.725. The van der Waals surface area contributed by atoms with Gasteiger partial charge in [0, 0.05) is 25.2 Å². The topological polar surface area (TPSA) is 18.5 Å². The number of nitrogens with zero attached hydrogens (tertiary/aromatic N) is 2. The molecule has 3 unspecified atom stereocenters. The molecule has 0 saturated carbocycles. The Morgan fingerprint density at radius 2 is 2.00 bits per heavy atom. The van der Waals surface area contributed by atoms with E-state index in [0.29, 0.717) is 0 Å². The molecule has 0 spiro atoms. The average Bonchev–Trinajstić information content (AvgIpc) is 2.92. The fraction of sp³-hybridized carbons (Fsp3) is 1.00. The number of likely N-dealkylation sites (N-methyl/N-ethyl adjacent to an activating group) is 1. The third-order valence-electron chi connectivity index (χ3n) is 4.76. The summed E-state index contributed by atoms with van der Waals surface area (Å²) in [4.78, 5) is 5.31. The minimum atomic E-state index is 0.725. The lowest BCUT2D eigenvalue weighted by molar-refractivity contribution is 0.199. The molecule has 0 radical (unpaired) electrons. The second-order valence-corrected chi connectivity index (χ2v) is 5.71. The zero-order valence-electron chi connectivity index (χ0n) is 11.8. The highest BCUT2D eigenvalue weighted by molar-refractivity contribution is 4.88.